The zero-order chi connectivity index (χ0) is 22.0. The molecule has 7 heteroatoms. The van der Waals surface area contributed by atoms with Crippen LogP contribution in [0.25, 0.3) is 10.8 Å². The van der Waals surface area contributed by atoms with E-state index in [1.165, 1.54) is 25.9 Å². The Bertz CT molecular complexity index is 1400. The SMILES string of the molecule is Cn1c(O)c(C(=Nc2ccccc2)SCc2cccc3ccccc23)c(=O)n(C)c1=O. The normalized spacial score (nSPS) is 11.7. The first-order valence-corrected chi connectivity index (χ1v) is 10.7. The van der Waals surface area contributed by atoms with Gasteiger partial charge in [0.25, 0.3) is 5.56 Å². The lowest BCUT2D eigenvalue weighted by Gasteiger charge is -2.13. The molecule has 6 nitrogen and oxygen atoms in total. The van der Waals surface area contributed by atoms with Crippen LogP contribution >= 0.6 is 11.8 Å². The summed E-state index contributed by atoms with van der Waals surface area (Å²) in [6, 6.07) is 23.4. The van der Waals surface area contributed by atoms with E-state index in [4.69, 9.17) is 0 Å². The Morgan fingerprint density at radius 3 is 2.35 bits per heavy atom. The minimum Gasteiger partial charge on any atom is -0.494 e. The highest BCUT2D eigenvalue weighted by molar-refractivity contribution is 8.13. The van der Waals surface area contributed by atoms with Crippen LogP contribution in [0.3, 0.4) is 0 Å². The second kappa shape index (κ2) is 8.65. The number of fused-ring (bicyclic) bond motifs is 1. The first-order chi connectivity index (χ1) is 15.0. The molecule has 0 saturated carbocycles. The highest BCUT2D eigenvalue weighted by Gasteiger charge is 2.21. The molecule has 1 N–H and O–H groups in total. The van der Waals surface area contributed by atoms with Gasteiger partial charge in [0.2, 0.25) is 5.88 Å². The first kappa shape index (κ1) is 20.7. The summed E-state index contributed by atoms with van der Waals surface area (Å²) >= 11 is 1.35. The molecule has 1 heterocycles. The van der Waals surface area contributed by atoms with Gasteiger partial charge in [0.15, 0.2) is 0 Å². The summed E-state index contributed by atoms with van der Waals surface area (Å²) < 4.78 is 2.03. The van der Waals surface area contributed by atoms with Gasteiger partial charge in [0.05, 0.1) is 5.69 Å². The molecule has 0 unspecified atom stereocenters. The van der Waals surface area contributed by atoms with Crippen molar-refractivity contribution in [3.05, 3.63) is 105 Å². The molecular formula is C24H21N3O3S. The maximum atomic E-state index is 12.9. The first-order valence-electron chi connectivity index (χ1n) is 9.70. The monoisotopic (exact) mass is 431 g/mol. The summed E-state index contributed by atoms with van der Waals surface area (Å²) in [5.41, 5.74) is 0.576. The fourth-order valence-electron chi connectivity index (χ4n) is 3.37. The number of hydrogen-bond donors (Lipinski definition) is 1. The Hall–Kier alpha value is -3.58. The summed E-state index contributed by atoms with van der Waals surface area (Å²) in [6.07, 6.45) is 0. The molecule has 0 aliphatic heterocycles. The van der Waals surface area contributed by atoms with Gasteiger partial charge in [-0.15, -0.1) is 11.8 Å². The Labute approximate surface area is 183 Å². The molecule has 0 aliphatic rings. The van der Waals surface area contributed by atoms with Crippen molar-refractivity contribution < 1.29 is 5.11 Å². The summed E-state index contributed by atoms with van der Waals surface area (Å²) in [5, 5.41) is 13.3. The molecule has 0 saturated heterocycles. The Morgan fingerprint density at radius 1 is 0.903 bits per heavy atom. The second-order valence-corrected chi connectivity index (χ2v) is 8.05. The number of aromatic hydroxyl groups is 1. The predicted octanol–water partition coefficient (Wildman–Crippen LogP) is 3.95. The van der Waals surface area contributed by atoms with Crippen molar-refractivity contribution in [1.82, 2.24) is 9.13 Å². The fourth-order valence-corrected chi connectivity index (χ4v) is 4.40. The van der Waals surface area contributed by atoms with Crippen molar-refractivity contribution in [3.63, 3.8) is 0 Å². The molecule has 0 radical (unpaired) electrons. The van der Waals surface area contributed by atoms with E-state index >= 15 is 0 Å². The topological polar surface area (TPSA) is 76.6 Å². The Morgan fingerprint density at radius 2 is 1.58 bits per heavy atom. The lowest BCUT2D eigenvalue weighted by molar-refractivity contribution is 0.410. The minimum absolute atomic E-state index is 0.0127. The summed E-state index contributed by atoms with van der Waals surface area (Å²) in [5.74, 6) is 0.145. The Kier molecular flexibility index (Phi) is 5.77. The number of aromatic nitrogens is 2. The van der Waals surface area contributed by atoms with E-state index < -0.39 is 17.1 Å². The van der Waals surface area contributed by atoms with Gasteiger partial charge >= 0.3 is 5.69 Å². The van der Waals surface area contributed by atoms with Crippen LogP contribution in [0.4, 0.5) is 5.69 Å². The van der Waals surface area contributed by atoms with Gasteiger partial charge in [-0.2, -0.15) is 0 Å². The molecule has 0 atom stereocenters. The molecule has 156 valence electrons. The zero-order valence-electron chi connectivity index (χ0n) is 17.1. The van der Waals surface area contributed by atoms with Crippen LogP contribution in [0.5, 0.6) is 5.88 Å². The van der Waals surface area contributed by atoms with Crippen LogP contribution in [0.1, 0.15) is 11.1 Å². The standard InChI is InChI=1S/C24H21N3O3S/c1-26-22(28)20(23(29)27(2)24(26)30)21(25-18-12-4-3-5-13-18)31-15-17-11-8-10-16-9-6-7-14-19(16)17/h3-14,28H,15H2,1-2H3. The van der Waals surface area contributed by atoms with E-state index in [2.05, 4.69) is 23.2 Å². The summed E-state index contributed by atoms with van der Waals surface area (Å²) in [6.45, 7) is 0. The molecule has 0 bridgehead atoms. The number of benzene rings is 3. The van der Waals surface area contributed by atoms with Crippen LogP contribution in [0.15, 0.2) is 87.4 Å². The third-order valence-corrected chi connectivity index (χ3v) is 6.10. The minimum atomic E-state index is -0.593. The molecular weight excluding hydrogens is 410 g/mol. The van der Waals surface area contributed by atoms with E-state index in [1.54, 1.807) is 0 Å². The van der Waals surface area contributed by atoms with Crippen molar-refractivity contribution >= 4 is 33.3 Å². The quantitative estimate of drug-likeness (QED) is 0.392. The van der Waals surface area contributed by atoms with Gasteiger partial charge < -0.3 is 5.11 Å². The van der Waals surface area contributed by atoms with E-state index in [0.717, 1.165) is 25.5 Å². The van der Waals surface area contributed by atoms with Crippen molar-refractivity contribution in [2.24, 2.45) is 19.1 Å². The van der Waals surface area contributed by atoms with E-state index in [1.807, 2.05) is 54.6 Å². The zero-order valence-corrected chi connectivity index (χ0v) is 18.0. The van der Waals surface area contributed by atoms with Gasteiger partial charge in [-0.1, -0.05) is 60.7 Å². The average Bonchev–Trinajstić information content (AvgIpc) is 2.80. The van der Waals surface area contributed by atoms with Crippen molar-refractivity contribution in [2.45, 2.75) is 5.75 Å². The number of nitrogens with zero attached hydrogens (tertiary/aromatic N) is 3. The van der Waals surface area contributed by atoms with Crippen LogP contribution in [-0.2, 0) is 19.8 Å². The van der Waals surface area contributed by atoms with Crippen LogP contribution in [-0.4, -0.2) is 19.3 Å². The third kappa shape index (κ3) is 4.04. The van der Waals surface area contributed by atoms with Gasteiger partial charge in [-0.25, -0.2) is 9.79 Å². The van der Waals surface area contributed by atoms with E-state index in [-0.39, 0.29) is 5.56 Å². The van der Waals surface area contributed by atoms with E-state index in [9.17, 15) is 14.7 Å². The lowest BCUT2D eigenvalue weighted by Crippen LogP contribution is -2.39. The number of thioether (sulfide) groups is 1. The van der Waals surface area contributed by atoms with Crippen LogP contribution in [0.2, 0.25) is 0 Å². The number of rotatable bonds is 4. The lowest BCUT2D eigenvalue weighted by atomic mass is 10.1. The molecule has 0 aliphatic carbocycles. The summed E-state index contributed by atoms with van der Waals surface area (Å²) in [4.78, 5) is 29.8. The molecule has 3 aromatic carbocycles. The fraction of sp³-hybridized carbons (Fsp3) is 0.125. The number of para-hydroxylation sites is 1. The van der Waals surface area contributed by atoms with E-state index in [0.29, 0.717) is 16.5 Å². The summed E-state index contributed by atoms with van der Waals surface area (Å²) in [7, 11) is 2.82. The molecule has 0 amide bonds. The second-order valence-electron chi connectivity index (χ2n) is 7.08. The van der Waals surface area contributed by atoms with Crippen LogP contribution in [0, 0.1) is 0 Å². The smallest absolute Gasteiger partial charge is 0.333 e. The van der Waals surface area contributed by atoms with Crippen molar-refractivity contribution in [2.75, 3.05) is 0 Å². The molecule has 1 aromatic heterocycles. The van der Waals surface area contributed by atoms with Gasteiger partial charge in [-0.05, 0) is 28.5 Å². The van der Waals surface area contributed by atoms with Gasteiger partial charge in [-0.3, -0.25) is 13.9 Å². The average molecular weight is 432 g/mol. The predicted molar refractivity (Wildman–Crippen MR) is 126 cm³/mol. The molecule has 4 rings (SSSR count). The largest absolute Gasteiger partial charge is 0.494 e. The van der Waals surface area contributed by atoms with Gasteiger partial charge in [0, 0.05) is 19.8 Å². The number of aliphatic imine (C=N–C) groups is 1. The van der Waals surface area contributed by atoms with Crippen molar-refractivity contribution in [1.29, 1.82) is 0 Å². The van der Waals surface area contributed by atoms with Crippen LogP contribution < -0.4 is 11.2 Å². The third-order valence-electron chi connectivity index (χ3n) is 5.08. The molecule has 31 heavy (non-hydrogen) atoms. The highest BCUT2D eigenvalue weighted by Crippen LogP contribution is 2.28. The maximum Gasteiger partial charge on any atom is 0.333 e. The molecule has 4 aromatic rings. The van der Waals surface area contributed by atoms with Crippen molar-refractivity contribution in [3.8, 4) is 5.88 Å². The Balaban J connectivity index is 1.83. The molecule has 0 fully saturated rings. The number of hydrogen-bond acceptors (Lipinski definition) is 5. The maximum absolute atomic E-state index is 12.9. The highest BCUT2D eigenvalue weighted by atomic mass is 32.2. The van der Waals surface area contributed by atoms with Gasteiger partial charge in [0.1, 0.15) is 10.6 Å². The molecule has 0 spiro atoms.